The molecule has 0 saturated heterocycles. The summed E-state index contributed by atoms with van der Waals surface area (Å²) in [6.45, 7) is 3.17. The standard InChI is InChI=1S/C14H20INOS/c1-10-3-2-4-11(7-10)5-6-16-14(17)12-8-13(15)18-9-12/h8-11H,2-7H2,1H3,(H,16,17). The number of halogens is 1. The molecule has 1 fully saturated rings. The quantitative estimate of drug-likeness (QED) is 0.779. The van der Waals surface area contributed by atoms with Crippen LogP contribution in [-0.2, 0) is 0 Å². The molecule has 100 valence electrons. The Kier molecular flexibility index (Phi) is 5.48. The van der Waals surface area contributed by atoms with Crippen molar-refractivity contribution in [3.8, 4) is 0 Å². The summed E-state index contributed by atoms with van der Waals surface area (Å²) in [4.78, 5) is 11.9. The second kappa shape index (κ2) is 6.89. The van der Waals surface area contributed by atoms with E-state index in [1.165, 1.54) is 28.6 Å². The molecule has 0 aromatic carbocycles. The Bertz CT molecular complexity index is 404. The van der Waals surface area contributed by atoms with Crippen LogP contribution in [0.3, 0.4) is 0 Å². The predicted molar refractivity (Wildman–Crippen MR) is 85.1 cm³/mol. The third-order valence-electron chi connectivity index (χ3n) is 3.71. The first kappa shape index (κ1) is 14.3. The van der Waals surface area contributed by atoms with Crippen LogP contribution in [-0.4, -0.2) is 12.5 Å². The van der Waals surface area contributed by atoms with Crippen LogP contribution in [0.4, 0.5) is 0 Å². The fraction of sp³-hybridized carbons (Fsp3) is 0.643. The number of rotatable bonds is 4. The van der Waals surface area contributed by atoms with Crippen LogP contribution in [0.2, 0.25) is 0 Å². The molecular formula is C14H20INOS. The van der Waals surface area contributed by atoms with Crippen molar-refractivity contribution in [3.05, 3.63) is 19.9 Å². The summed E-state index contributed by atoms with van der Waals surface area (Å²) in [5.74, 6) is 1.77. The smallest absolute Gasteiger partial charge is 0.252 e. The maximum Gasteiger partial charge on any atom is 0.252 e. The lowest BCUT2D eigenvalue weighted by Crippen LogP contribution is -2.26. The van der Waals surface area contributed by atoms with E-state index in [4.69, 9.17) is 0 Å². The number of hydrogen-bond acceptors (Lipinski definition) is 2. The highest BCUT2D eigenvalue weighted by Gasteiger charge is 2.18. The molecule has 2 atom stereocenters. The topological polar surface area (TPSA) is 29.1 Å². The van der Waals surface area contributed by atoms with Crippen LogP contribution in [0.1, 0.15) is 49.4 Å². The molecule has 1 heterocycles. The van der Waals surface area contributed by atoms with Crippen LogP contribution < -0.4 is 5.32 Å². The summed E-state index contributed by atoms with van der Waals surface area (Å²) in [6, 6.07) is 1.95. The molecule has 18 heavy (non-hydrogen) atoms. The van der Waals surface area contributed by atoms with Crippen molar-refractivity contribution >= 4 is 39.8 Å². The van der Waals surface area contributed by atoms with E-state index in [1.54, 1.807) is 11.3 Å². The molecule has 1 aromatic rings. The van der Waals surface area contributed by atoms with Crippen molar-refractivity contribution in [3.63, 3.8) is 0 Å². The highest BCUT2D eigenvalue weighted by molar-refractivity contribution is 14.1. The van der Waals surface area contributed by atoms with Gasteiger partial charge >= 0.3 is 0 Å². The summed E-state index contributed by atoms with van der Waals surface area (Å²) < 4.78 is 1.17. The monoisotopic (exact) mass is 377 g/mol. The van der Waals surface area contributed by atoms with Crippen molar-refractivity contribution in [1.82, 2.24) is 5.32 Å². The Balaban J connectivity index is 1.70. The van der Waals surface area contributed by atoms with E-state index in [9.17, 15) is 4.79 Å². The van der Waals surface area contributed by atoms with Gasteiger partial charge in [-0.05, 0) is 53.3 Å². The molecule has 1 aromatic heterocycles. The lowest BCUT2D eigenvalue weighted by atomic mass is 9.81. The second-order valence-corrected chi connectivity index (χ2v) is 8.13. The van der Waals surface area contributed by atoms with Gasteiger partial charge in [0.05, 0.1) is 8.45 Å². The van der Waals surface area contributed by atoms with Gasteiger partial charge in [-0.3, -0.25) is 4.79 Å². The van der Waals surface area contributed by atoms with Gasteiger partial charge in [0, 0.05) is 11.9 Å². The molecule has 4 heteroatoms. The zero-order valence-corrected chi connectivity index (χ0v) is 13.7. The van der Waals surface area contributed by atoms with Crippen molar-refractivity contribution in [2.75, 3.05) is 6.54 Å². The maximum absolute atomic E-state index is 11.9. The minimum atomic E-state index is 0.0815. The van der Waals surface area contributed by atoms with E-state index in [0.29, 0.717) is 0 Å². The summed E-state index contributed by atoms with van der Waals surface area (Å²) in [5.41, 5.74) is 0.807. The first-order valence-electron chi connectivity index (χ1n) is 6.67. The predicted octanol–water partition coefficient (Wildman–Crippen LogP) is 4.30. The van der Waals surface area contributed by atoms with Crippen LogP contribution in [0.5, 0.6) is 0 Å². The van der Waals surface area contributed by atoms with Gasteiger partial charge in [-0.2, -0.15) is 0 Å². The molecule has 0 bridgehead atoms. The Hall–Kier alpha value is -0.100. The lowest BCUT2D eigenvalue weighted by Gasteiger charge is -2.26. The summed E-state index contributed by atoms with van der Waals surface area (Å²) in [6.07, 6.45) is 6.57. The molecule has 1 N–H and O–H groups in total. The third kappa shape index (κ3) is 4.23. The number of hydrogen-bond donors (Lipinski definition) is 1. The van der Waals surface area contributed by atoms with E-state index in [0.717, 1.165) is 30.4 Å². The van der Waals surface area contributed by atoms with Gasteiger partial charge in [0.2, 0.25) is 0 Å². The second-order valence-electron chi connectivity index (χ2n) is 5.32. The molecule has 1 amide bonds. The Morgan fingerprint density at radius 2 is 2.39 bits per heavy atom. The Morgan fingerprint density at radius 1 is 1.56 bits per heavy atom. The SMILES string of the molecule is CC1CCCC(CCNC(=O)c2csc(I)c2)C1. The molecular weight excluding hydrogens is 357 g/mol. The van der Waals surface area contributed by atoms with Gasteiger partial charge in [0.25, 0.3) is 5.91 Å². The highest BCUT2D eigenvalue weighted by Crippen LogP contribution is 2.30. The van der Waals surface area contributed by atoms with Crippen molar-refractivity contribution in [2.45, 2.75) is 39.0 Å². The Labute approximate surface area is 127 Å². The number of carbonyl (C=O) groups is 1. The van der Waals surface area contributed by atoms with Crippen molar-refractivity contribution in [2.24, 2.45) is 11.8 Å². The van der Waals surface area contributed by atoms with Crippen molar-refractivity contribution < 1.29 is 4.79 Å². The Morgan fingerprint density at radius 3 is 3.06 bits per heavy atom. The zero-order valence-electron chi connectivity index (χ0n) is 10.7. The van der Waals surface area contributed by atoms with Crippen molar-refractivity contribution in [1.29, 1.82) is 0 Å². The molecule has 2 nitrogen and oxygen atoms in total. The van der Waals surface area contributed by atoms with Crippen LogP contribution in [0, 0.1) is 14.7 Å². The zero-order chi connectivity index (χ0) is 13.0. The molecule has 0 spiro atoms. The van der Waals surface area contributed by atoms with Gasteiger partial charge in [0.1, 0.15) is 0 Å². The molecule has 2 rings (SSSR count). The summed E-state index contributed by atoms with van der Waals surface area (Å²) in [5, 5.41) is 4.97. The molecule has 1 aliphatic carbocycles. The fourth-order valence-corrected chi connectivity index (χ4v) is 4.07. The van der Waals surface area contributed by atoms with Crippen LogP contribution in [0.15, 0.2) is 11.4 Å². The van der Waals surface area contributed by atoms with Gasteiger partial charge in [-0.25, -0.2) is 0 Å². The summed E-state index contributed by atoms with van der Waals surface area (Å²) >= 11 is 3.87. The largest absolute Gasteiger partial charge is 0.352 e. The van der Waals surface area contributed by atoms with Gasteiger partial charge < -0.3 is 5.32 Å². The molecule has 0 aliphatic heterocycles. The number of nitrogens with one attached hydrogen (secondary N) is 1. The minimum Gasteiger partial charge on any atom is -0.352 e. The average Bonchev–Trinajstić information content (AvgIpc) is 2.76. The summed E-state index contributed by atoms with van der Waals surface area (Å²) in [7, 11) is 0. The van der Waals surface area contributed by atoms with E-state index in [-0.39, 0.29) is 5.91 Å². The molecule has 0 radical (unpaired) electrons. The maximum atomic E-state index is 11.9. The van der Waals surface area contributed by atoms with E-state index in [2.05, 4.69) is 34.8 Å². The third-order valence-corrected chi connectivity index (χ3v) is 5.50. The van der Waals surface area contributed by atoms with Crippen LogP contribution >= 0.6 is 33.9 Å². The highest BCUT2D eigenvalue weighted by atomic mass is 127. The lowest BCUT2D eigenvalue weighted by molar-refractivity contribution is 0.0950. The first-order chi connectivity index (χ1) is 8.65. The molecule has 1 saturated carbocycles. The normalized spacial score (nSPS) is 23.9. The number of carbonyl (C=O) groups excluding carboxylic acids is 1. The fourth-order valence-electron chi connectivity index (χ4n) is 2.74. The van der Waals surface area contributed by atoms with E-state index in [1.807, 2.05) is 11.4 Å². The van der Waals surface area contributed by atoms with Gasteiger partial charge in [0.15, 0.2) is 0 Å². The van der Waals surface area contributed by atoms with E-state index < -0.39 is 0 Å². The number of thiophene rings is 1. The number of amides is 1. The van der Waals surface area contributed by atoms with E-state index >= 15 is 0 Å². The van der Waals surface area contributed by atoms with Gasteiger partial charge in [-0.1, -0.05) is 26.2 Å². The minimum absolute atomic E-state index is 0.0815. The first-order valence-corrected chi connectivity index (χ1v) is 8.63. The average molecular weight is 377 g/mol. The van der Waals surface area contributed by atoms with Crippen LogP contribution in [0.25, 0.3) is 0 Å². The molecule has 2 unspecified atom stereocenters. The van der Waals surface area contributed by atoms with Gasteiger partial charge in [-0.15, -0.1) is 11.3 Å². The molecule has 1 aliphatic rings.